The number of nitrogens with zero attached hydrogens (tertiary/aromatic N) is 1. The molecule has 0 aliphatic carbocycles. The van der Waals surface area contributed by atoms with Crippen molar-refractivity contribution < 1.29 is 14.6 Å². The second-order valence-corrected chi connectivity index (χ2v) is 7.58. The molecule has 2 heterocycles. The summed E-state index contributed by atoms with van der Waals surface area (Å²) in [5.41, 5.74) is 4.56. The smallest absolute Gasteiger partial charge is 0.258 e. The molecule has 29 heavy (non-hydrogen) atoms. The van der Waals surface area contributed by atoms with Crippen LogP contribution in [-0.4, -0.2) is 23.9 Å². The van der Waals surface area contributed by atoms with E-state index in [9.17, 15) is 9.90 Å². The molecular formula is C24H25NO4. The molecule has 0 fully saturated rings. The molecule has 1 aromatic heterocycles. The Morgan fingerprint density at radius 2 is 1.69 bits per heavy atom. The van der Waals surface area contributed by atoms with Crippen molar-refractivity contribution >= 4 is 0 Å². The third kappa shape index (κ3) is 2.97. The van der Waals surface area contributed by atoms with Crippen LogP contribution in [0.1, 0.15) is 30.9 Å². The van der Waals surface area contributed by atoms with Gasteiger partial charge in [0.1, 0.15) is 5.75 Å². The van der Waals surface area contributed by atoms with Crippen LogP contribution in [0.2, 0.25) is 0 Å². The minimum Gasteiger partial charge on any atom is -0.507 e. The summed E-state index contributed by atoms with van der Waals surface area (Å²) in [7, 11) is 3.21. The number of aromatic nitrogens is 1. The van der Waals surface area contributed by atoms with Gasteiger partial charge in [-0.25, -0.2) is 0 Å². The van der Waals surface area contributed by atoms with Gasteiger partial charge in [-0.1, -0.05) is 44.2 Å². The Kier molecular flexibility index (Phi) is 4.82. The lowest BCUT2D eigenvalue weighted by atomic mass is 9.88. The van der Waals surface area contributed by atoms with Crippen LogP contribution in [0.25, 0.3) is 22.4 Å². The largest absolute Gasteiger partial charge is 0.507 e. The first-order valence-electron chi connectivity index (χ1n) is 9.78. The van der Waals surface area contributed by atoms with Crippen LogP contribution in [-0.2, 0) is 13.0 Å². The Bertz CT molecular complexity index is 1130. The summed E-state index contributed by atoms with van der Waals surface area (Å²) >= 11 is 0. The third-order valence-corrected chi connectivity index (χ3v) is 5.58. The van der Waals surface area contributed by atoms with E-state index in [4.69, 9.17) is 9.47 Å². The highest BCUT2D eigenvalue weighted by atomic mass is 16.5. The Hall–Kier alpha value is -3.21. The van der Waals surface area contributed by atoms with Crippen LogP contribution in [0.15, 0.2) is 47.3 Å². The number of hydrogen-bond acceptors (Lipinski definition) is 4. The minimum atomic E-state index is -0.132. The van der Waals surface area contributed by atoms with Gasteiger partial charge in [0.05, 0.1) is 25.5 Å². The number of benzene rings is 2. The lowest BCUT2D eigenvalue weighted by molar-refractivity contribution is 0.354. The Morgan fingerprint density at radius 1 is 1.03 bits per heavy atom. The Morgan fingerprint density at radius 3 is 2.31 bits per heavy atom. The highest BCUT2D eigenvalue weighted by Crippen LogP contribution is 2.46. The van der Waals surface area contributed by atoms with Crippen LogP contribution in [0.5, 0.6) is 17.2 Å². The molecule has 1 aliphatic heterocycles. The average molecular weight is 391 g/mol. The quantitative estimate of drug-likeness (QED) is 0.707. The van der Waals surface area contributed by atoms with E-state index in [1.54, 1.807) is 18.8 Å². The summed E-state index contributed by atoms with van der Waals surface area (Å²) in [6.07, 6.45) is 0.707. The molecule has 0 bridgehead atoms. The second-order valence-electron chi connectivity index (χ2n) is 7.58. The summed E-state index contributed by atoms with van der Waals surface area (Å²) in [4.78, 5) is 13.3. The predicted octanol–water partition coefficient (Wildman–Crippen LogP) is 4.58. The second kappa shape index (κ2) is 7.32. The van der Waals surface area contributed by atoms with E-state index in [2.05, 4.69) is 0 Å². The maximum absolute atomic E-state index is 13.3. The zero-order valence-electron chi connectivity index (χ0n) is 17.2. The fourth-order valence-electron chi connectivity index (χ4n) is 4.20. The molecule has 0 unspecified atom stereocenters. The monoisotopic (exact) mass is 391 g/mol. The lowest BCUT2D eigenvalue weighted by Gasteiger charge is -2.28. The number of pyridine rings is 1. The van der Waals surface area contributed by atoms with Crippen LogP contribution in [0.3, 0.4) is 0 Å². The van der Waals surface area contributed by atoms with Gasteiger partial charge in [0.15, 0.2) is 11.5 Å². The molecule has 0 radical (unpaired) electrons. The van der Waals surface area contributed by atoms with Gasteiger partial charge in [-0.3, -0.25) is 4.79 Å². The molecule has 1 N–H and O–H groups in total. The standard InChI is InChI=1S/C24H25NO4/c1-14(2)20-23(26)21(15-8-6-5-7-9-15)22-17-13-19(29-4)18(28-3)12-16(17)10-11-25(22)24(20)27/h5-9,12-14,26H,10-11H2,1-4H3. The first-order valence-corrected chi connectivity index (χ1v) is 9.78. The third-order valence-electron chi connectivity index (χ3n) is 5.58. The highest BCUT2D eigenvalue weighted by Gasteiger charge is 2.29. The number of fused-ring (bicyclic) bond motifs is 3. The molecule has 1 aliphatic rings. The summed E-state index contributed by atoms with van der Waals surface area (Å²) < 4.78 is 12.8. The van der Waals surface area contributed by atoms with Crippen molar-refractivity contribution in [3.05, 3.63) is 63.9 Å². The Balaban J connectivity index is 2.14. The topological polar surface area (TPSA) is 60.7 Å². The van der Waals surface area contributed by atoms with Crippen LogP contribution < -0.4 is 15.0 Å². The number of aromatic hydroxyl groups is 1. The first kappa shape index (κ1) is 19.1. The first-order chi connectivity index (χ1) is 14.0. The van der Waals surface area contributed by atoms with Crippen molar-refractivity contribution in [1.82, 2.24) is 4.57 Å². The van der Waals surface area contributed by atoms with E-state index in [1.165, 1.54) is 0 Å². The normalized spacial score (nSPS) is 12.4. The van der Waals surface area contributed by atoms with Gasteiger partial charge in [-0.2, -0.15) is 0 Å². The molecule has 5 heteroatoms. The van der Waals surface area contributed by atoms with Crippen molar-refractivity contribution in [1.29, 1.82) is 0 Å². The molecule has 150 valence electrons. The maximum atomic E-state index is 13.3. The lowest BCUT2D eigenvalue weighted by Crippen LogP contribution is -2.30. The van der Waals surface area contributed by atoms with Gasteiger partial charge in [0, 0.05) is 17.7 Å². The summed E-state index contributed by atoms with van der Waals surface area (Å²) in [6, 6.07) is 13.6. The molecule has 0 amide bonds. The molecule has 0 saturated heterocycles. The maximum Gasteiger partial charge on any atom is 0.258 e. The van der Waals surface area contributed by atoms with Crippen molar-refractivity contribution in [2.75, 3.05) is 14.2 Å². The number of methoxy groups -OCH3 is 2. The highest BCUT2D eigenvalue weighted by molar-refractivity contribution is 5.88. The number of rotatable bonds is 4. The van der Waals surface area contributed by atoms with E-state index in [-0.39, 0.29) is 17.2 Å². The van der Waals surface area contributed by atoms with Gasteiger partial charge in [0.25, 0.3) is 5.56 Å². The van der Waals surface area contributed by atoms with E-state index in [1.807, 2.05) is 56.3 Å². The van der Waals surface area contributed by atoms with Gasteiger partial charge >= 0.3 is 0 Å². The van der Waals surface area contributed by atoms with Crippen LogP contribution >= 0.6 is 0 Å². The molecule has 0 spiro atoms. The van der Waals surface area contributed by atoms with E-state index in [0.29, 0.717) is 35.6 Å². The number of hydrogen-bond donors (Lipinski definition) is 1. The van der Waals surface area contributed by atoms with E-state index >= 15 is 0 Å². The van der Waals surface area contributed by atoms with E-state index in [0.717, 1.165) is 22.4 Å². The van der Waals surface area contributed by atoms with Crippen molar-refractivity contribution in [2.45, 2.75) is 32.7 Å². The van der Waals surface area contributed by atoms with E-state index < -0.39 is 0 Å². The fourth-order valence-corrected chi connectivity index (χ4v) is 4.20. The fraction of sp³-hybridized carbons (Fsp3) is 0.292. The molecule has 5 nitrogen and oxygen atoms in total. The molecule has 4 rings (SSSR count). The molecular weight excluding hydrogens is 366 g/mol. The number of ether oxygens (including phenoxy) is 2. The minimum absolute atomic E-state index is 0.0603. The molecule has 0 atom stereocenters. The predicted molar refractivity (Wildman–Crippen MR) is 114 cm³/mol. The summed E-state index contributed by atoms with van der Waals surface area (Å²) in [5, 5.41) is 11.2. The van der Waals surface area contributed by atoms with Gasteiger partial charge < -0.3 is 19.1 Å². The Labute approximate surface area is 170 Å². The van der Waals surface area contributed by atoms with Gasteiger partial charge in [-0.15, -0.1) is 0 Å². The number of aryl methyl sites for hydroxylation is 1. The SMILES string of the molecule is COc1cc2c(cc1OC)-c1c(-c3ccccc3)c(O)c(C(C)C)c(=O)n1CC2. The zero-order valence-corrected chi connectivity index (χ0v) is 17.2. The van der Waals surface area contributed by atoms with Crippen molar-refractivity contribution in [3.63, 3.8) is 0 Å². The molecule has 2 aromatic carbocycles. The van der Waals surface area contributed by atoms with Gasteiger partial charge in [-0.05, 0) is 35.6 Å². The molecule has 3 aromatic rings. The summed E-state index contributed by atoms with van der Waals surface area (Å²) in [5.74, 6) is 1.23. The molecule has 0 saturated carbocycles. The van der Waals surface area contributed by atoms with Gasteiger partial charge in [0.2, 0.25) is 0 Å². The average Bonchev–Trinajstić information content (AvgIpc) is 2.73. The van der Waals surface area contributed by atoms with Crippen LogP contribution in [0.4, 0.5) is 0 Å². The summed E-state index contributed by atoms with van der Waals surface area (Å²) in [6.45, 7) is 4.42. The zero-order chi connectivity index (χ0) is 20.7. The van der Waals surface area contributed by atoms with Crippen molar-refractivity contribution in [3.8, 4) is 39.6 Å². The van der Waals surface area contributed by atoms with Crippen molar-refractivity contribution in [2.24, 2.45) is 0 Å². The van der Waals surface area contributed by atoms with Crippen LogP contribution in [0, 0.1) is 0 Å².